The van der Waals surface area contributed by atoms with Gasteiger partial charge in [-0.05, 0) is 11.8 Å². The van der Waals surface area contributed by atoms with E-state index in [9.17, 15) is 10.1 Å². The molecule has 0 aliphatic rings. The Labute approximate surface area is 92.4 Å². The van der Waals surface area contributed by atoms with Crippen molar-refractivity contribution in [1.29, 1.82) is 5.41 Å². The lowest BCUT2D eigenvalue weighted by Gasteiger charge is -2.08. The molecule has 0 heterocycles. The van der Waals surface area contributed by atoms with Crippen LogP contribution in [0.2, 0.25) is 0 Å². The Bertz CT molecular complexity index is 354. The molecule has 15 heavy (non-hydrogen) atoms. The molecule has 1 aromatic carbocycles. The summed E-state index contributed by atoms with van der Waals surface area (Å²) >= 11 is 1.12. The summed E-state index contributed by atoms with van der Waals surface area (Å²) < 4.78 is 0. The van der Waals surface area contributed by atoms with Crippen LogP contribution in [0.15, 0.2) is 30.3 Å². The average Bonchev–Trinajstić information content (AvgIpc) is 2.26. The Morgan fingerprint density at radius 1 is 1.53 bits per heavy atom. The first kappa shape index (κ1) is 11.7. The van der Waals surface area contributed by atoms with Crippen LogP contribution >= 0.6 is 11.8 Å². The molecular formula is C10H12N2O2S. The monoisotopic (exact) mass is 224 g/mol. The first-order valence-electron chi connectivity index (χ1n) is 4.45. The highest BCUT2D eigenvalue weighted by Crippen LogP contribution is 2.11. The Morgan fingerprint density at radius 3 is 2.60 bits per heavy atom. The van der Waals surface area contributed by atoms with Gasteiger partial charge in [0, 0.05) is 11.3 Å². The standard InChI is InChI=1S/C10H12N2O2S/c1-15-10(11)9(12(13)14)7-8-5-3-2-4-6-8/h2-6,9,11H,7H2,1H3. The number of hydrogen-bond donors (Lipinski definition) is 1. The van der Waals surface area contributed by atoms with E-state index in [1.165, 1.54) is 0 Å². The number of nitro groups is 1. The normalized spacial score (nSPS) is 12.1. The van der Waals surface area contributed by atoms with Crippen LogP contribution in [0.1, 0.15) is 5.56 Å². The molecule has 1 atom stereocenters. The maximum Gasteiger partial charge on any atom is 0.263 e. The number of thioether (sulfide) groups is 1. The number of nitrogens with zero attached hydrogens (tertiary/aromatic N) is 1. The second-order valence-electron chi connectivity index (χ2n) is 3.06. The van der Waals surface area contributed by atoms with Gasteiger partial charge in [-0.1, -0.05) is 30.3 Å². The van der Waals surface area contributed by atoms with Crippen LogP contribution in [0.25, 0.3) is 0 Å². The van der Waals surface area contributed by atoms with Gasteiger partial charge in [-0.15, -0.1) is 11.8 Å². The lowest BCUT2D eigenvalue weighted by atomic mass is 10.1. The third-order valence-corrected chi connectivity index (χ3v) is 2.76. The van der Waals surface area contributed by atoms with E-state index in [1.54, 1.807) is 6.26 Å². The Balaban J connectivity index is 2.76. The first-order valence-corrected chi connectivity index (χ1v) is 5.67. The van der Waals surface area contributed by atoms with E-state index in [0.29, 0.717) is 0 Å². The lowest BCUT2D eigenvalue weighted by molar-refractivity contribution is -0.501. The summed E-state index contributed by atoms with van der Waals surface area (Å²) in [6, 6.07) is 8.31. The Hall–Kier alpha value is -1.36. The molecule has 0 aliphatic carbocycles. The molecule has 0 spiro atoms. The van der Waals surface area contributed by atoms with E-state index in [2.05, 4.69) is 0 Å². The van der Waals surface area contributed by atoms with Crippen LogP contribution in [-0.4, -0.2) is 22.3 Å². The van der Waals surface area contributed by atoms with Gasteiger partial charge in [-0.3, -0.25) is 15.5 Å². The Morgan fingerprint density at radius 2 is 2.13 bits per heavy atom. The number of hydrogen-bond acceptors (Lipinski definition) is 4. The molecular weight excluding hydrogens is 212 g/mol. The highest BCUT2D eigenvalue weighted by molar-refractivity contribution is 8.13. The van der Waals surface area contributed by atoms with Crippen molar-refractivity contribution in [3.05, 3.63) is 46.0 Å². The summed E-state index contributed by atoms with van der Waals surface area (Å²) in [7, 11) is 0. The molecule has 0 aliphatic heterocycles. The van der Waals surface area contributed by atoms with Crippen molar-refractivity contribution >= 4 is 16.8 Å². The van der Waals surface area contributed by atoms with Crippen molar-refractivity contribution in [3.63, 3.8) is 0 Å². The van der Waals surface area contributed by atoms with Crippen LogP contribution < -0.4 is 0 Å². The zero-order valence-electron chi connectivity index (χ0n) is 8.34. The lowest BCUT2D eigenvalue weighted by Crippen LogP contribution is -2.29. The third-order valence-electron chi connectivity index (χ3n) is 2.05. The maximum atomic E-state index is 10.8. The second-order valence-corrected chi connectivity index (χ2v) is 3.91. The fourth-order valence-electron chi connectivity index (χ4n) is 1.24. The summed E-state index contributed by atoms with van der Waals surface area (Å²) in [6.07, 6.45) is 1.97. The fraction of sp³-hybridized carbons (Fsp3) is 0.300. The van der Waals surface area contributed by atoms with Crippen LogP contribution in [0, 0.1) is 15.5 Å². The van der Waals surface area contributed by atoms with E-state index >= 15 is 0 Å². The fourth-order valence-corrected chi connectivity index (χ4v) is 1.68. The van der Waals surface area contributed by atoms with E-state index in [0.717, 1.165) is 17.3 Å². The zero-order chi connectivity index (χ0) is 11.3. The SMILES string of the molecule is CSC(=N)C(Cc1ccccc1)[N+](=O)[O-]. The van der Waals surface area contributed by atoms with Crippen molar-refractivity contribution in [2.24, 2.45) is 0 Å². The molecule has 0 saturated heterocycles. The van der Waals surface area contributed by atoms with E-state index in [4.69, 9.17) is 5.41 Å². The summed E-state index contributed by atoms with van der Waals surface area (Å²) in [5.74, 6) is 0. The van der Waals surface area contributed by atoms with Gasteiger partial charge in [-0.2, -0.15) is 0 Å². The van der Waals surface area contributed by atoms with Gasteiger partial charge in [0.15, 0.2) is 0 Å². The molecule has 1 unspecified atom stereocenters. The summed E-state index contributed by atoms with van der Waals surface area (Å²) in [5.41, 5.74) is 0.887. The van der Waals surface area contributed by atoms with Crippen LogP contribution in [-0.2, 0) is 6.42 Å². The number of rotatable bonds is 4. The smallest absolute Gasteiger partial charge is 0.263 e. The predicted molar refractivity (Wildman–Crippen MR) is 62.2 cm³/mol. The van der Waals surface area contributed by atoms with E-state index in [1.807, 2.05) is 30.3 Å². The minimum Gasteiger partial charge on any atom is -0.292 e. The maximum absolute atomic E-state index is 10.8. The predicted octanol–water partition coefficient (Wildman–Crippen LogP) is 2.21. The minimum atomic E-state index is -0.914. The molecule has 0 radical (unpaired) electrons. The topological polar surface area (TPSA) is 67.0 Å². The molecule has 4 nitrogen and oxygen atoms in total. The molecule has 80 valence electrons. The Kier molecular flexibility index (Phi) is 4.30. The van der Waals surface area contributed by atoms with Gasteiger partial charge in [0.05, 0.1) is 0 Å². The third kappa shape index (κ3) is 3.36. The second kappa shape index (κ2) is 5.50. The highest BCUT2D eigenvalue weighted by atomic mass is 32.2. The molecule has 1 aromatic rings. The van der Waals surface area contributed by atoms with Gasteiger partial charge in [0.25, 0.3) is 6.04 Å². The number of benzene rings is 1. The molecule has 1 rings (SSSR count). The van der Waals surface area contributed by atoms with Gasteiger partial charge >= 0.3 is 0 Å². The average molecular weight is 224 g/mol. The molecule has 0 aromatic heterocycles. The van der Waals surface area contributed by atoms with Gasteiger partial charge in [0.2, 0.25) is 0 Å². The quantitative estimate of drug-likeness (QED) is 0.369. The van der Waals surface area contributed by atoms with Crippen LogP contribution in [0.4, 0.5) is 0 Å². The van der Waals surface area contributed by atoms with Crippen molar-refractivity contribution in [2.75, 3.05) is 6.26 Å². The molecule has 0 fully saturated rings. The molecule has 0 bridgehead atoms. The van der Waals surface area contributed by atoms with Crippen molar-refractivity contribution in [1.82, 2.24) is 0 Å². The van der Waals surface area contributed by atoms with Gasteiger partial charge in [-0.25, -0.2) is 0 Å². The highest BCUT2D eigenvalue weighted by Gasteiger charge is 2.25. The van der Waals surface area contributed by atoms with Crippen LogP contribution in [0.5, 0.6) is 0 Å². The molecule has 5 heteroatoms. The molecule has 0 amide bonds. The summed E-state index contributed by atoms with van der Waals surface area (Å²) in [6.45, 7) is 0. The van der Waals surface area contributed by atoms with E-state index < -0.39 is 11.0 Å². The van der Waals surface area contributed by atoms with Gasteiger partial charge < -0.3 is 0 Å². The minimum absolute atomic E-state index is 0.101. The molecule has 0 saturated carbocycles. The van der Waals surface area contributed by atoms with E-state index in [-0.39, 0.29) is 11.5 Å². The molecule has 1 N–H and O–H groups in total. The zero-order valence-corrected chi connectivity index (χ0v) is 9.16. The first-order chi connectivity index (χ1) is 7.15. The number of nitrogens with one attached hydrogen (secondary N) is 1. The van der Waals surface area contributed by atoms with Crippen molar-refractivity contribution in [3.8, 4) is 0 Å². The van der Waals surface area contributed by atoms with Crippen molar-refractivity contribution < 1.29 is 4.92 Å². The summed E-state index contributed by atoms with van der Waals surface area (Å²) in [4.78, 5) is 10.4. The summed E-state index contributed by atoms with van der Waals surface area (Å²) in [5, 5.41) is 18.4. The van der Waals surface area contributed by atoms with Crippen molar-refractivity contribution in [2.45, 2.75) is 12.5 Å². The van der Waals surface area contributed by atoms with Crippen LogP contribution in [0.3, 0.4) is 0 Å². The largest absolute Gasteiger partial charge is 0.292 e. The van der Waals surface area contributed by atoms with Gasteiger partial charge in [0.1, 0.15) is 5.04 Å².